The van der Waals surface area contributed by atoms with E-state index in [1.54, 1.807) is 24.3 Å². The minimum absolute atomic E-state index is 0.182. The van der Waals surface area contributed by atoms with E-state index in [0.29, 0.717) is 0 Å². The number of benzene rings is 1. The second kappa shape index (κ2) is 4.75. The summed E-state index contributed by atoms with van der Waals surface area (Å²) >= 11 is 0. The maximum Gasteiger partial charge on any atom is 0.119 e. The molecule has 0 aliphatic rings. The van der Waals surface area contributed by atoms with Crippen molar-refractivity contribution >= 4 is 0 Å². The maximum absolute atomic E-state index is 9.03. The summed E-state index contributed by atoms with van der Waals surface area (Å²) in [6.07, 6.45) is 2.00. The molecular formula is C11H15O2. The zero-order chi connectivity index (χ0) is 9.68. The number of phenolic OH excluding ortho intramolecular Hbond substituents is 1. The van der Waals surface area contributed by atoms with Crippen molar-refractivity contribution in [1.29, 1.82) is 0 Å². The van der Waals surface area contributed by atoms with Crippen LogP contribution in [0.15, 0.2) is 24.3 Å². The van der Waals surface area contributed by atoms with Gasteiger partial charge in [0.05, 0.1) is 6.10 Å². The van der Waals surface area contributed by atoms with Gasteiger partial charge in [0.2, 0.25) is 0 Å². The summed E-state index contributed by atoms with van der Waals surface area (Å²) in [6, 6.07) is 6.75. The Morgan fingerprint density at radius 2 is 2.00 bits per heavy atom. The number of hydrogen-bond acceptors (Lipinski definition) is 2. The molecule has 0 bridgehead atoms. The van der Waals surface area contributed by atoms with Crippen LogP contribution >= 0.6 is 0 Å². The summed E-state index contributed by atoms with van der Waals surface area (Å²) in [6.45, 7) is 5.77. The first kappa shape index (κ1) is 9.90. The zero-order valence-corrected chi connectivity index (χ0v) is 7.86. The molecule has 1 unspecified atom stereocenters. The van der Waals surface area contributed by atoms with Crippen molar-refractivity contribution in [2.24, 2.45) is 0 Å². The van der Waals surface area contributed by atoms with Gasteiger partial charge in [0.15, 0.2) is 0 Å². The van der Waals surface area contributed by atoms with Crippen molar-refractivity contribution in [1.82, 2.24) is 0 Å². The van der Waals surface area contributed by atoms with Gasteiger partial charge in [0.25, 0.3) is 0 Å². The molecule has 1 atom stereocenters. The molecule has 0 saturated carbocycles. The number of phenols is 1. The first-order valence-electron chi connectivity index (χ1n) is 4.47. The molecule has 0 heterocycles. The van der Waals surface area contributed by atoms with Crippen LogP contribution in [0.5, 0.6) is 11.5 Å². The van der Waals surface area contributed by atoms with Gasteiger partial charge in [-0.3, -0.25) is 0 Å². The standard InChI is InChI=1S/C11H15O2/c1-3-4-9(2)13-11-7-5-10(12)6-8-11/h5-9,12H,1,3-4H2,2H3. The Bertz CT molecular complexity index is 241. The number of rotatable bonds is 4. The molecule has 1 aromatic rings. The zero-order valence-electron chi connectivity index (χ0n) is 7.86. The van der Waals surface area contributed by atoms with Gasteiger partial charge < -0.3 is 9.84 Å². The molecule has 2 heteroatoms. The Kier molecular flexibility index (Phi) is 3.62. The van der Waals surface area contributed by atoms with Crippen LogP contribution in [0.1, 0.15) is 19.8 Å². The second-order valence-electron chi connectivity index (χ2n) is 3.06. The highest BCUT2D eigenvalue weighted by atomic mass is 16.5. The fourth-order valence-electron chi connectivity index (χ4n) is 1.10. The Hall–Kier alpha value is -1.18. The molecule has 1 rings (SSSR count). The van der Waals surface area contributed by atoms with Gasteiger partial charge in [-0.1, -0.05) is 6.92 Å². The van der Waals surface area contributed by atoms with Gasteiger partial charge in [0, 0.05) is 0 Å². The van der Waals surface area contributed by atoms with E-state index in [9.17, 15) is 0 Å². The molecule has 2 nitrogen and oxygen atoms in total. The molecule has 1 radical (unpaired) electrons. The van der Waals surface area contributed by atoms with Crippen LogP contribution in [0.4, 0.5) is 0 Å². The maximum atomic E-state index is 9.03. The molecule has 0 aliphatic heterocycles. The lowest BCUT2D eigenvalue weighted by molar-refractivity contribution is 0.212. The van der Waals surface area contributed by atoms with E-state index in [1.807, 2.05) is 6.92 Å². The average molecular weight is 179 g/mol. The Labute approximate surface area is 79.2 Å². The fourth-order valence-corrected chi connectivity index (χ4v) is 1.10. The topological polar surface area (TPSA) is 29.5 Å². The second-order valence-corrected chi connectivity index (χ2v) is 3.06. The third-order valence-electron chi connectivity index (χ3n) is 1.78. The average Bonchev–Trinajstić information content (AvgIpc) is 2.09. The lowest BCUT2D eigenvalue weighted by atomic mass is 10.2. The van der Waals surface area contributed by atoms with Crippen molar-refractivity contribution in [2.75, 3.05) is 0 Å². The SMILES string of the molecule is [CH2]CCC(C)Oc1ccc(O)cc1. The van der Waals surface area contributed by atoms with Gasteiger partial charge in [-0.25, -0.2) is 0 Å². The molecule has 1 N–H and O–H groups in total. The van der Waals surface area contributed by atoms with E-state index < -0.39 is 0 Å². The molecule has 0 saturated heterocycles. The molecule has 71 valence electrons. The van der Waals surface area contributed by atoms with Crippen LogP contribution in [0.2, 0.25) is 0 Å². The van der Waals surface area contributed by atoms with Crippen LogP contribution in [-0.4, -0.2) is 11.2 Å². The van der Waals surface area contributed by atoms with E-state index in [4.69, 9.17) is 9.84 Å². The van der Waals surface area contributed by atoms with Gasteiger partial charge in [-0.15, -0.1) is 0 Å². The molecule has 13 heavy (non-hydrogen) atoms. The first-order valence-corrected chi connectivity index (χ1v) is 4.47. The quantitative estimate of drug-likeness (QED) is 0.770. The van der Waals surface area contributed by atoms with Crippen molar-refractivity contribution in [2.45, 2.75) is 25.9 Å². The van der Waals surface area contributed by atoms with E-state index in [1.165, 1.54) is 0 Å². The Balaban J connectivity index is 2.49. The van der Waals surface area contributed by atoms with Crippen molar-refractivity contribution in [3.05, 3.63) is 31.2 Å². The van der Waals surface area contributed by atoms with E-state index in [-0.39, 0.29) is 11.9 Å². The molecular weight excluding hydrogens is 164 g/mol. The Morgan fingerprint density at radius 3 is 2.54 bits per heavy atom. The lowest BCUT2D eigenvalue weighted by Gasteiger charge is -2.13. The Morgan fingerprint density at radius 1 is 1.38 bits per heavy atom. The monoisotopic (exact) mass is 179 g/mol. The van der Waals surface area contributed by atoms with Crippen LogP contribution in [0.25, 0.3) is 0 Å². The highest BCUT2D eigenvalue weighted by Gasteiger charge is 2.01. The largest absolute Gasteiger partial charge is 0.508 e. The lowest BCUT2D eigenvalue weighted by Crippen LogP contribution is -2.10. The summed E-state index contributed by atoms with van der Waals surface area (Å²) in [5.41, 5.74) is 0. The summed E-state index contributed by atoms with van der Waals surface area (Å²) in [7, 11) is 0. The highest BCUT2D eigenvalue weighted by molar-refractivity contribution is 5.30. The van der Waals surface area contributed by atoms with Crippen LogP contribution < -0.4 is 4.74 Å². The summed E-state index contributed by atoms with van der Waals surface area (Å²) < 4.78 is 5.56. The van der Waals surface area contributed by atoms with E-state index in [0.717, 1.165) is 18.6 Å². The summed E-state index contributed by atoms with van der Waals surface area (Å²) in [5.74, 6) is 1.05. The number of ether oxygens (including phenoxy) is 1. The molecule has 0 fully saturated rings. The summed E-state index contributed by atoms with van der Waals surface area (Å²) in [5, 5.41) is 9.03. The predicted molar refractivity (Wildman–Crippen MR) is 52.8 cm³/mol. The molecule has 0 aromatic heterocycles. The minimum Gasteiger partial charge on any atom is -0.508 e. The predicted octanol–water partition coefficient (Wildman–Crippen LogP) is 2.77. The van der Waals surface area contributed by atoms with Crippen LogP contribution in [0.3, 0.4) is 0 Å². The fraction of sp³-hybridized carbons (Fsp3) is 0.364. The first-order chi connectivity index (χ1) is 6.22. The normalized spacial score (nSPS) is 12.5. The molecule has 0 amide bonds. The van der Waals surface area contributed by atoms with Gasteiger partial charge >= 0.3 is 0 Å². The van der Waals surface area contributed by atoms with Crippen molar-refractivity contribution in [3.63, 3.8) is 0 Å². The minimum atomic E-state index is 0.182. The van der Waals surface area contributed by atoms with Gasteiger partial charge in [-0.2, -0.15) is 0 Å². The number of aromatic hydroxyl groups is 1. The molecule has 0 spiro atoms. The third kappa shape index (κ3) is 3.36. The van der Waals surface area contributed by atoms with Crippen molar-refractivity contribution < 1.29 is 9.84 Å². The smallest absolute Gasteiger partial charge is 0.119 e. The van der Waals surface area contributed by atoms with E-state index in [2.05, 4.69) is 6.92 Å². The molecule has 0 aliphatic carbocycles. The number of hydrogen-bond donors (Lipinski definition) is 1. The summed E-state index contributed by atoms with van der Waals surface area (Å²) in [4.78, 5) is 0. The highest BCUT2D eigenvalue weighted by Crippen LogP contribution is 2.18. The van der Waals surface area contributed by atoms with Crippen LogP contribution in [-0.2, 0) is 0 Å². The van der Waals surface area contributed by atoms with Crippen molar-refractivity contribution in [3.8, 4) is 11.5 Å². The van der Waals surface area contributed by atoms with Gasteiger partial charge in [0.1, 0.15) is 11.5 Å². The molecule has 1 aromatic carbocycles. The van der Waals surface area contributed by atoms with Crippen LogP contribution in [0, 0.1) is 6.92 Å². The van der Waals surface area contributed by atoms with Gasteiger partial charge in [-0.05, 0) is 44.0 Å². The van der Waals surface area contributed by atoms with E-state index >= 15 is 0 Å². The third-order valence-corrected chi connectivity index (χ3v) is 1.78.